The van der Waals surface area contributed by atoms with Crippen LogP contribution in [-0.2, 0) is 16.0 Å². The number of morpholine rings is 1. The summed E-state index contributed by atoms with van der Waals surface area (Å²) in [6.45, 7) is 1.65. The lowest BCUT2D eigenvalue weighted by molar-refractivity contribution is -0.138. The van der Waals surface area contributed by atoms with Crippen molar-refractivity contribution in [3.63, 3.8) is 0 Å². The Kier molecular flexibility index (Phi) is 4.84. The zero-order chi connectivity index (χ0) is 16.2. The lowest BCUT2D eigenvalue weighted by atomic mass is 10.1. The molecule has 23 heavy (non-hydrogen) atoms. The molecule has 0 radical (unpaired) electrons. The van der Waals surface area contributed by atoms with Gasteiger partial charge in [-0.2, -0.15) is 0 Å². The predicted octanol–water partition coefficient (Wildman–Crippen LogP) is 3.06. The van der Waals surface area contributed by atoms with Crippen LogP contribution in [0.5, 0.6) is 0 Å². The molecule has 0 bridgehead atoms. The van der Waals surface area contributed by atoms with Crippen molar-refractivity contribution in [2.45, 2.75) is 12.5 Å². The number of carbonyl (C=O) groups excluding carboxylic acids is 1. The Bertz CT molecular complexity index is 688. The normalized spacial score (nSPS) is 18.0. The molecule has 2 N–H and O–H groups in total. The molecular weight excluding hydrogens is 312 g/mol. The Morgan fingerprint density at radius 3 is 2.70 bits per heavy atom. The van der Waals surface area contributed by atoms with E-state index in [1.807, 2.05) is 53.4 Å². The number of nitrogen functional groups attached to an aromatic ring is 1. The first-order valence-corrected chi connectivity index (χ1v) is 7.99. The highest BCUT2D eigenvalue weighted by molar-refractivity contribution is 6.31. The van der Waals surface area contributed by atoms with E-state index in [1.54, 1.807) is 0 Å². The fraction of sp³-hybridized carbons (Fsp3) is 0.278. The molecule has 1 atom stereocenters. The van der Waals surface area contributed by atoms with Gasteiger partial charge < -0.3 is 15.4 Å². The van der Waals surface area contributed by atoms with Crippen LogP contribution in [0.25, 0.3) is 0 Å². The van der Waals surface area contributed by atoms with Gasteiger partial charge in [-0.25, -0.2) is 0 Å². The number of nitrogens with zero attached hydrogens (tertiary/aromatic N) is 1. The molecule has 3 rings (SSSR count). The molecule has 0 aromatic heterocycles. The van der Waals surface area contributed by atoms with E-state index >= 15 is 0 Å². The predicted molar refractivity (Wildman–Crippen MR) is 91.3 cm³/mol. The maximum Gasteiger partial charge on any atom is 0.227 e. The lowest BCUT2D eigenvalue weighted by Gasteiger charge is -2.33. The summed E-state index contributed by atoms with van der Waals surface area (Å²) in [7, 11) is 0. The molecule has 0 unspecified atom stereocenters. The molecule has 0 saturated carbocycles. The highest BCUT2D eigenvalue weighted by Crippen LogP contribution is 2.28. The first-order valence-electron chi connectivity index (χ1n) is 7.61. The van der Waals surface area contributed by atoms with Crippen LogP contribution in [0, 0.1) is 0 Å². The van der Waals surface area contributed by atoms with Gasteiger partial charge in [0.05, 0.1) is 19.6 Å². The van der Waals surface area contributed by atoms with Crippen LogP contribution < -0.4 is 5.73 Å². The van der Waals surface area contributed by atoms with Gasteiger partial charge in [-0.3, -0.25) is 4.79 Å². The first-order chi connectivity index (χ1) is 11.1. The number of halogens is 1. The molecule has 0 spiro atoms. The third kappa shape index (κ3) is 3.84. The van der Waals surface area contributed by atoms with E-state index in [1.165, 1.54) is 0 Å². The number of nitrogens with two attached hydrogens (primary N) is 1. The standard InChI is InChI=1S/C18H19ClN2O2/c19-16-4-2-1-3-15(16)17-12-21(9-10-23-17)18(22)11-13-5-7-14(20)8-6-13/h1-8,17H,9-12,20H2/t17-/m1/s1. The Hall–Kier alpha value is -2.04. The molecule has 1 saturated heterocycles. The van der Waals surface area contributed by atoms with E-state index in [2.05, 4.69) is 0 Å². The van der Waals surface area contributed by atoms with E-state index < -0.39 is 0 Å². The highest BCUT2D eigenvalue weighted by Gasteiger charge is 2.26. The molecule has 5 heteroatoms. The molecule has 1 aliphatic heterocycles. The van der Waals surface area contributed by atoms with Crippen LogP contribution >= 0.6 is 11.6 Å². The average molecular weight is 331 g/mol. The zero-order valence-electron chi connectivity index (χ0n) is 12.7. The lowest BCUT2D eigenvalue weighted by Crippen LogP contribution is -2.43. The van der Waals surface area contributed by atoms with Crippen molar-refractivity contribution < 1.29 is 9.53 Å². The summed E-state index contributed by atoms with van der Waals surface area (Å²) in [4.78, 5) is 14.4. The number of hydrogen-bond donors (Lipinski definition) is 1. The van der Waals surface area contributed by atoms with E-state index in [-0.39, 0.29) is 12.0 Å². The minimum absolute atomic E-state index is 0.0927. The van der Waals surface area contributed by atoms with Gasteiger partial charge in [-0.1, -0.05) is 41.9 Å². The Morgan fingerprint density at radius 2 is 1.96 bits per heavy atom. The summed E-state index contributed by atoms with van der Waals surface area (Å²) >= 11 is 6.23. The molecule has 1 heterocycles. The van der Waals surface area contributed by atoms with Gasteiger partial charge in [0.15, 0.2) is 0 Å². The van der Waals surface area contributed by atoms with E-state index in [9.17, 15) is 4.79 Å². The summed E-state index contributed by atoms with van der Waals surface area (Å²) in [5, 5.41) is 0.672. The largest absolute Gasteiger partial charge is 0.399 e. The van der Waals surface area contributed by atoms with Crippen LogP contribution in [0.15, 0.2) is 48.5 Å². The number of amides is 1. The Labute approximate surface area is 140 Å². The zero-order valence-corrected chi connectivity index (χ0v) is 13.5. The molecule has 1 amide bonds. The van der Waals surface area contributed by atoms with E-state index in [0.29, 0.717) is 36.8 Å². The van der Waals surface area contributed by atoms with Gasteiger partial charge in [0.1, 0.15) is 6.10 Å². The van der Waals surface area contributed by atoms with Crippen LogP contribution in [0.3, 0.4) is 0 Å². The van der Waals surface area contributed by atoms with Crippen LogP contribution in [-0.4, -0.2) is 30.5 Å². The fourth-order valence-electron chi connectivity index (χ4n) is 2.72. The highest BCUT2D eigenvalue weighted by atomic mass is 35.5. The molecule has 2 aromatic rings. The van der Waals surface area contributed by atoms with Gasteiger partial charge in [0.25, 0.3) is 0 Å². The number of rotatable bonds is 3. The maximum atomic E-state index is 12.5. The topological polar surface area (TPSA) is 55.6 Å². The molecule has 1 aliphatic rings. The summed E-state index contributed by atoms with van der Waals surface area (Å²) in [6.07, 6.45) is 0.197. The number of anilines is 1. The Balaban J connectivity index is 1.67. The van der Waals surface area contributed by atoms with Gasteiger partial charge in [-0.15, -0.1) is 0 Å². The smallest absolute Gasteiger partial charge is 0.227 e. The van der Waals surface area contributed by atoms with Gasteiger partial charge in [0, 0.05) is 22.8 Å². The quantitative estimate of drug-likeness (QED) is 0.880. The summed E-state index contributed by atoms with van der Waals surface area (Å²) in [5.41, 5.74) is 8.27. The van der Waals surface area contributed by atoms with Crippen molar-refractivity contribution in [2.75, 3.05) is 25.4 Å². The molecule has 1 fully saturated rings. The maximum absolute atomic E-state index is 12.5. The minimum atomic E-state index is -0.173. The third-order valence-electron chi connectivity index (χ3n) is 4.01. The third-order valence-corrected chi connectivity index (χ3v) is 4.35. The Morgan fingerprint density at radius 1 is 1.22 bits per heavy atom. The van der Waals surface area contributed by atoms with Crippen molar-refractivity contribution in [2.24, 2.45) is 0 Å². The van der Waals surface area contributed by atoms with Crippen molar-refractivity contribution in [3.8, 4) is 0 Å². The second-order valence-corrected chi connectivity index (χ2v) is 6.05. The van der Waals surface area contributed by atoms with Gasteiger partial charge >= 0.3 is 0 Å². The second-order valence-electron chi connectivity index (χ2n) is 5.64. The molecule has 2 aromatic carbocycles. The second kappa shape index (κ2) is 7.02. The van der Waals surface area contributed by atoms with Crippen molar-refractivity contribution >= 4 is 23.2 Å². The molecule has 4 nitrogen and oxygen atoms in total. The minimum Gasteiger partial charge on any atom is -0.399 e. The monoisotopic (exact) mass is 330 g/mol. The number of ether oxygens (including phenoxy) is 1. The fourth-order valence-corrected chi connectivity index (χ4v) is 2.98. The van der Waals surface area contributed by atoms with Gasteiger partial charge in [0.2, 0.25) is 5.91 Å². The van der Waals surface area contributed by atoms with Crippen molar-refractivity contribution in [1.29, 1.82) is 0 Å². The van der Waals surface area contributed by atoms with E-state index in [0.717, 1.165) is 11.1 Å². The van der Waals surface area contributed by atoms with Crippen molar-refractivity contribution in [1.82, 2.24) is 4.90 Å². The summed E-state index contributed by atoms with van der Waals surface area (Å²) in [6, 6.07) is 15.0. The molecule has 0 aliphatic carbocycles. The first kappa shape index (κ1) is 15.8. The summed E-state index contributed by atoms with van der Waals surface area (Å²) in [5.74, 6) is 0.0927. The SMILES string of the molecule is Nc1ccc(CC(=O)N2CCO[C@@H](c3ccccc3Cl)C2)cc1. The number of hydrogen-bond acceptors (Lipinski definition) is 3. The van der Waals surface area contributed by atoms with Crippen LogP contribution in [0.1, 0.15) is 17.2 Å². The molecular formula is C18H19ClN2O2. The molecule has 120 valence electrons. The van der Waals surface area contributed by atoms with Crippen LogP contribution in [0.2, 0.25) is 5.02 Å². The van der Waals surface area contributed by atoms with Crippen molar-refractivity contribution in [3.05, 3.63) is 64.7 Å². The van der Waals surface area contributed by atoms with Gasteiger partial charge in [-0.05, 0) is 23.8 Å². The van der Waals surface area contributed by atoms with Crippen LogP contribution in [0.4, 0.5) is 5.69 Å². The average Bonchev–Trinajstić information content (AvgIpc) is 2.57. The number of benzene rings is 2. The summed E-state index contributed by atoms with van der Waals surface area (Å²) < 4.78 is 5.80. The number of carbonyl (C=O) groups is 1. The van der Waals surface area contributed by atoms with E-state index in [4.69, 9.17) is 22.1 Å².